The van der Waals surface area contributed by atoms with Crippen LogP contribution in [0.15, 0.2) is 0 Å². The van der Waals surface area contributed by atoms with Gasteiger partial charge in [-0.2, -0.15) is 0 Å². The summed E-state index contributed by atoms with van der Waals surface area (Å²) < 4.78 is 4.47. The van der Waals surface area contributed by atoms with Gasteiger partial charge >= 0.3 is 5.97 Å². The lowest BCUT2D eigenvalue weighted by molar-refractivity contribution is -0.143. The minimum absolute atomic E-state index is 0.0182. The quantitative estimate of drug-likeness (QED) is 0.667. The van der Waals surface area contributed by atoms with E-state index in [1.54, 1.807) is 11.9 Å². The van der Waals surface area contributed by atoms with E-state index in [0.717, 1.165) is 0 Å². The van der Waals surface area contributed by atoms with Gasteiger partial charge in [0.1, 0.15) is 0 Å². The molecule has 0 heterocycles. The van der Waals surface area contributed by atoms with Crippen LogP contribution in [0.4, 0.5) is 0 Å². The summed E-state index contributed by atoms with van der Waals surface area (Å²) in [6.07, 6.45) is 0.378. The second kappa shape index (κ2) is 5.73. The molecule has 0 aromatic heterocycles. The van der Waals surface area contributed by atoms with Crippen molar-refractivity contribution in [3.05, 3.63) is 0 Å². The van der Waals surface area contributed by atoms with Gasteiger partial charge < -0.3 is 9.64 Å². The highest BCUT2D eigenvalue weighted by atomic mass is 16.5. The van der Waals surface area contributed by atoms with Crippen LogP contribution >= 0.6 is 0 Å². The molecule has 0 fully saturated rings. The Hall–Kier alpha value is -1.06. The first-order valence-corrected chi connectivity index (χ1v) is 5.07. The second-order valence-electron chi connectivity index (χ2n) is 4.89. The molecule has 0 aromatic carbocycles. The summed E-state index contributed by atoms with van der Waals surface area (Å²) in [6.45, 7) is 6.89. The number of hydrogen-bond acceptors (Lipinski definition) is 3. The van der Waals surface area contributed by atoms with Crippen LogP contribution < -0.4 is 0 Å². The van der Waals surface area contributed by atoms with E-state index in [1.165, 1.54) is 7.11 Å². The van der Waals surface area contributed by atoms with Crippen LogP contribution in [0.1, 0.15) is 33.6 Å². The van der Waals surface area contributed by atoms with Gasteiger partial charge in [0, 0.05) is 20.0 Å². The number of hydrogen-bond donors (Lipinski definition) is 0. The third-order valence-corrected chi connectivity index (χ3v) is 1.91. The molecule has 0 aliphatic carbocycles. The molecule has 1 amide bonds. The van der Waals surface area contributed by atoms with Crippen molar-refractivity contribution in [2.75, 3.05) is 20.7 Å². The highest BCUT2D eigenvalue weighted by Crippen LogP contribution is 2.14. The van der Waals surface area contributed by atoms with Crippen LogP contribution in [-0.4, -0.2) is 37.5 Å². The molecular formula is C11H21NO3. The highest BCUT2D eigenvalue weighted by molar-refractivity contribution is 5.81. The summed E-state index contributed by atoms with van der Waals surface area (Å²) in [4.78, 5) is 24.0. The zero-order valence-corrected chi connectivity index (χ0v) is 10.3. The molecule has 88 valence electrons. The third kappa shape index (κ3) is 6.94. The lowest BCUT2D eigenvalue weighted by atomic mass is 9.96. The molecule has 0 atom stereocenters. The average molecular weight is 215 g/mol. The zero-order valence-electron chi connectivity index (χ0n) is 10.3. The Bertz CT molecular complexity index is 230. The first-order chi connectivity index (χ1) is 6.76. The Balaban J connectivity index is 3.95. The lowest BCUT2D eigenvalue weighted by Gasteiger charge is -2.26. The number of methoxy groups -OCH3 is 1. The SMILES string of the molecule is COC(=O)CCC(=O)N(C)CC(C)(C)C. The molecule has 0 aliphatic heterocycles. The lowest BCUT2D eigenvalue weighted by Crippen LogP contribution is -2.34. The fourth-order valence-corrected chi connectivity index (χ4v) is 1.30. The number of nitrogens with zero attached hydrogens (tertiary/aromatic N) is 1. The van der Waals surface area contributed by atoms with Crippen molar-refractivity contribution >= 4 is 11.9 Å². The van der Waals surface area contributed by atoms with E-state index in [0.29, 0.717) is 6.54 Å². The fraction of sp³-hybridized carbons (Fsp3) is 0.818. The fourth-order valence-electron chi connectivity index (χ4n) is 1.30. The summed E-state index contributed by atoms with van der Waals surface area (Å²) in [5.41, 5.74) is 0.0790. The van der Waals surface area contributed by atoms with E-state index >= 15 is 0 Å². The maximum atomic E-state index is 11.6. The van der Waals surface area contributed by atoms with Gasteiger partial charge in [-0.15, -0.1) is 0 Å². The Morgan fingerprint density at radius 1 is 1.20 bits per heavy atom. The number of rotatable bonds is 4. The molecule has 0 bridgehead atoms. The Labute approximate surface area is 91.6 Å². The molecule has 15 heavy (non-hydrogen) atoms. The van der Waals surface area contributed by atoms with E-state index < -0.39 is 0 Å². The molecule has 0 N–H and O–H groups in total. The molecule has 0 aliphatic rings. The van der Waals surface area contributed by atoms with Crippen molar-refractivity contribution in [1.82, 2.24) is 4.90 Å². The Morgan fingerprint density at radius 2 is 1.73 bits per heavy atom. The first kappa shape index (κ1) is 13.9. The molecule has 0 rings (SSSR count). The Morgan fingerprint density at radius 3 is 2.13 bits per heavy atom. The van der Waals surface area contributed by atoms with Crippen LogP contribution in [0.5, 0.6) is 0 Å². The minimum Gasteiger partial charge on any atom is -0.469 e. The predicted molar refractivity (Wildman–Crippen MR) is 58.3 cm³/mol. The van der Waals surface area contributed by atoms with E-state index in [9.17, 15) is 9.59 Å². The largest absolute Gasteiger partial charge is 0.469 e. The van der Waals surface area contributed by atoms with Crippen molar-refractivity contribution in [1.29, 1.82) is 0 Å². The van der Waals surface area contributed by atoms with Crippen LogP contribution in [-0.2, 0) is 14.3 Å². The van der Waals surface area contributed by atoms with Crippen LogP contribution in [0, 0.1) is 5.41 Å². The van der Waals surface area contributed by atoms with Crippen molar-refractivity contribution in [2.45, 2.75) is 33.6 Å². The predicted octanol–water partition coefficient (Wildman–Crippen LogP) is 1.44. The first-order valence-electron chi connectivity index (χ1n) is 5.07. The van der Waals surface area contributed by atoms with Gasteiger partial charge in [-0.05, 0) is 5.41 Å². The molecule has 4 nitrogen and oxygen atoms in total. The van der Waals surface area contributed by atoms with Gasteiger partial charge in [-0.1, -0.05) is 20.8 Å². The number of amides is 1. The molecule has 0 saturated carbocycles. The van der Waals surface area contributed by atoms with Gasteiger partial charge in [-0.25, -0.2) is 0 Å². The molecule has 0 spiro atoms. The highest BCUT2D eigenvalue weighted by Gasteiger charge is 2.18. The molecule has 0 saturated heterocycles. The summed E-state index contributed by atoms with van der Waals surface area (Å²) in [5.74, 6) is -0.358. The number of ether oxygens (including phenoxy) is 1. The molecule has 0 radical (unpaired) electrons. The molecule has 0 unspecified atom stereocenters. The van der Waals surface area contributed by atoms with Crippen LogP contribution in [0.25, 0.3) is 0 Å². The summed E-state index contributed by atoms with van der Waals surface area (Å²) >= 11 is 0. The number of esters is 1. The third-order valence-electron chi connectivity index (χ3n) is 1.91. The number of carbonyl (C=O) groups is 2. The van der Waals surface area contributed by atoms with Crippen LogP contribution in [0.2, 0.25) is 0 Å². The normalized spacial score (nSPS) is 11.0. The molecule has 4 heteroatoms. The van der Waals surface area contributed by atoms with Gasteiger partial charge in [-0.3, -0.25) is 9.59 Å². The average Bonchev–Trinajstić information content (AvgIpc) is 2.10. The smallest absolute Gasteiger partial charge is 0.306 e. The zero-order chi connectivity index (χ0) is 12.1. The van der Waals surface area contributed by atoms with Crippen molar-refractivity contribution in [2.24, 2.45) is 5.41 Å². The second-order valence-corrected chi connectivity index (χ2v) is 4.89. The van der Waals surface area contributed by atoms with E-state index in [2.05, 4.69) is 25.5 Å². The van der Waals surface area contributed by atoms with E-state index in [-0.39, 0.29) is 30.1 Å². The summed E-state index contributed by atoms with van der Waals surface area (Å²) in [6, 6.07) is 0. The molecular weight excluding hydrogens is 194 g/mol. The summed E-state index contributed by atoms with van der Waals surface area (Å²) in [5, 5.41) is 0. The van der Waals surface area contributed by atoms with E-state index in [4.69, 9.17) is 0 Å². The standard InChI is InChI=1S/C11H21NO3/c1-11(2,3)8-12(4)9(13)6-7-10(14)15-5/h6-8H2,1-5H3. The Kier molecular flexibility index (Phi) is 5.33. The topological polar surface area (TPSA) is 46.6 Å². The monoisotopic (exact) mass is 215 g/mol. The maximum Gasteiger partial charge on any atom is 0.306 e. The van der Waals surface area contributed by atoms with Crippen molar-refractivity contribution < 1.29 is 14.3 Å². The molecule has 0 aromatic rings. The summed E-state index contributed by atoms with van der Waals surface area (Å²) in [7, 11) is 3.08. The maximum absolute atomic E-state index is 11.6. The van der Waals surface area contributed by atoms with Gasteiger partial charge in [0.25, 0.3) is 0 Å². The minimum atomic E-state index is -0.340. The van der Waals surface area contributed by atoms with Crippen molar-refractivity contribution in [3.8, 4) is 0 Å². The van der Waals surface area contributed by atoms with Gasteiger partial charge in [0.15, 0.2) is 0 Å². The van der Waals surface area contributed by atoms with Crippen molar-refractivity contribution in [3.63, 3.8) is 0 Å². The van der Waals surface area contributed by atoms with Crippen LogP contribution in [0.3, 0.4) is 0 Å². The van der Waals surface area contributed by atoms with Gasteiger partial charge in [0.05, 0.1) is 13.5 Å². The van der Waals surface area contributed by atoms with Gasteiger partial charge in [0.2, 0.25) is 5.91 Å². The van der Waals surface area contributed by atoms with E-state index in [1.807, 2.05) is 0 Å². The number of carbonyl (C=O) groups excluding carboxylic acids is 2.